The lowest BCUT2D eigenvalue weighted by atomic mass is 9.98. The van der Waals surface area contributed by atoms with E-state index in [9.17, 15) is 0 Å². The first-order chi connectivity index (χ1) is 10.2. The Balaban J connectivity index is 1.52. The zero-order valence-corrected chi connectivity index (χ0v) is 13.5. The van der Waals surface area contributed by atoms with Gasteiger partial charge in [-0.15, -0.1) is 0 Å². The van der Waals surface area contributed by atoms with E-state index in [-0.39, 0.29) is 0 Å². The van der Waals surface area contributed by atoms with Gasteiger partial charge in [0.15, 0.2) is 0 Å². The molecule has 0 amide bonds. The molecule has 0 spiro atoms. The van der Waals surface area contributed by atoms with Crippen LogP contribution in [0.1, 0.15) is 38.2 Å². The molecule has 3 heteroatoms. The van der Waals surface area contributed by atoms with Gasteiger partial charge in [-0.1, -0.05) is 12.1 Å². The highest BCUT2D eigenvalue weighted by Crippen LogP contribution is 2.21. The molecule has 116 valence electrons. The number of nitrogens with one attached hydrogen (secondary N) is 1. The maximum absolute atomic E-state index is 3.71. The first-order valence-corrected chi connectivity index (χ1v) is 8.49. The molecule has 2 aliphatic heterocycles. The quantitative estimate of drug-likeness (QED) is 0.917. The molecule has 2 saturated heterocycles. The number of rotatable bonds is 4. The molecule has 2 fully saturated rings. The van der Waals surface area contributed by atoms with Crippen LogP contribution in [0.3, 0.4) is 0 Å². The number of anilines is 1. The molecule has 1 aromatic rings. The van der Waals surface area contributed by atoms with E-state index >= 15 is 0 Å². The van der Waals surface area contributed by atoms with E-state index in [2.05, 4.69) is 53.4 Å². The van der Waals surface area contributed by atoms with Gasteiger partial charge < -0.3 is 10.2 Å². The van der Waals surface area contributed by atoms with Crippen LogP contribution in [0, 0.1) is 0 Å². The van der Waals surface area contributed by atoms with Gasteiger partial charge in [-0.3, -0.25) is 4.90 Å². The Labute approximate surface area is 129 Å². The van der Waals surface area contributed by atoms with Crippen LogP contribution in [0.4, 0.5) is 5.69 Å². The largest absolute Gasteiger partial charge is 0.382 e. The summed E-state index contributed by atoms with van der Waals surface area (Å²) in [6.07, 6.45) is 5.23. The first kappa shape index (κ1) is 14.9. The van der Waals surface area contributed by atoms with Gasteiger partial charge in [-0.2, -0.15) is 0 Å². The minimum absolute atomic E-state index is 0.626. The van der Waals surface area contributed by atoms with Crippen molar-refractivity contribution in [1.29, 1.82) is 0 Å². The van der Waals surface area contributed by atoms with E-state index in [1.807, 2.05) is 0 Å². The van der Waals surface area contributed by atoms with Gasteiger partial charge in [-0.25, -0.2) is 0 Å². The van der Waals surface area contributed by atoms with Crippen molar-refractivity contribution in [2.45, 2.75) is 51.2 Å². The number of hydrogen-bond donors (Lipinski definition) is 1. The third kappa shape index (κ3) is 3.98. The molecule has 0 aromatic heterocycles. The van der Waals surface area contributed by atoms with Crippen LogP contribution in [0.15, 0.2) is 24.3 Å². The summed E-state index contributed by atoms with van der Waals surface area (Å²) in [5.74, 6) is 0. The highest BCUT2D eigenvalue weighted by molar-refractivity contribution is 5.45. The smallest absolute Gasteiger partial charge is 0.0342 e. The van der Waals surface area contributed by atoms with Gasteiger partial charge in [0.05, 0.1) is 0 Å². The lowest BCUT2D eigenvalue weighted by molar-refractivity contribution is 0.190. The van der Waals surface area contributed by atoms with Crippen LogP contribution < -0.4 is 5.32 Å². The second-order valence-electron chi connectivity index (χ2n) is 6.88. The zero-order valence-electron chi connectivity index (χ0n) is 13.5. The minimum atomic E-state index is 0.626. The molecular weight excluding hydrogens is 258 g/mol. The number of hydrogen-bond acceptors (Lipinski definition) is 3. The van der Waals surface area contributed by atoms with Crippen LogP contribution in [-0.4, -0.2) is 48.6 Å². The van der Waals surface area contributed by atoms with E-state index in [1.165, 1.54) is 56.6 Å². The summed E-state index contributed by atoms with van der Waals surface area (Å²) in [4.78, 5) is 5.01. The van der Waals surface area contributed by atoms with Crippen molar-refractivity contribution in [2.75, 3.05) is 32.0 Å². The Morgan fingerprint density at radius 2 is 1.81 bits per heavy atom. The Bertz CT molecular complexity index is 436. The summed E-state index contributed by atoms with van der Waals surface area (Å²) in [6.45, 7) is 7.19. The lowest BCUT2D eigenvalue weighted by Crippen LogP contribution is -2.42. The minimum Gasteiger partial charge on any atom is -0.382 e. The Hall–Kier alpha value is -1.06. The second kappa shape index (κ2) is 6.80. The third-order valence-corrected chi connectivity index (χ3v) is 5.14. The van der Waals surface area contributed by atoms with Crippen molar-refractivity contribution in [3.63, 3.8) is 0 Å². The van der Waals surface area contributed by atoms with Crippen molar-refractivity contribution < 1.29 is 0 Å². The SMILES string of the molecule is CC1CC(Nc2ccc(CN3CCCC3)cc2)CCN1C. The summed E-state index contributed by atoms with van der Waals surface area (Å²) in [7, 11) is 2.23. The van der Waals surface area contributed by atoms with Crippen molar-refractivity contribution in [3.8, 4) is 0 Å². The average molecular weight is 287 g/mol. The van der Waals surface area contributed by atoms with Crippen LogP contribution in [-0.2, 0) is 6.54 Å². The summed E-state index contributed by atoms with van der Waals surface area (Å²) >= 11 is 0. The molecule has 21 heavy (non-hydrogen) atoms. The van der Waals surface area contributed by atoms with Crippen molar-refractivity contribution in [3.05, 3.63) is 29.8 Å². The van der Waals surface area contributed by atoms with Gasteiger partial charge in [0.1, 0.15) is 0 Å². The van der Waals surface area contributed by atoms with E-state index in [1.54, 1.807) is 0 Å². The summed E-state index contributed by atoms with van der Waals surface area (Å²) < 4.78 is 0. The fraction of sp³-hybridized carbons (Fsp3) is 0.667. The van der Waals surface area contributed by atoms with Crippen molar-refractivity contribution >= 4 is 5.69 Å². The average Bonchev–Trinajstić information content (AvgIpc) is 2.98. The number of benzene rings is 1. The molecule has 2 atom stereocenters. The predicted octanol–water partition coefficient (Wildman–Crippen LogP) is 3.18. The Morgan fingerprint density at radius 3 is 2.48 bits per heavy atom. The normalized spacial score (nSPS) is 27.9. The van der Waals surface area contributed by atoms with E-state index in [4.69, 9.17) is 0 Å². The van der Waals surface area contributed by atoms with Gasteiger partial charge in [0.25, 0.3) is 0 Å². The van der Waals surface area contributed by atoms with E-state index < -0.39 is 0 Å². The topological polar surface area (TPSA) is 18.5 Å². The number of nitrogens with zero attached hydrogens (tertiary/aromatic N) is 2. The fourth-order valence-corrected chi connectivity index (χ4v) is 3.56. The van der Waals surface area contributed by atoms with Crippen molar-refractivity contribution in [2.24, 2.45) is 0 Å². The molecule has 2 unspecified atom stereocenters. The maximum atomic E-state index is 3.71. The first-order valence-electron chi connectivity index (χ1n) is 8.49. The molecule has 3 rings (SSSR count). The molecule has 2 heterocycles. The molecule has 2 aliphatic rings. The Kier molecular flexibility index (Phi) is 4.81. The summed E-state index contributed by atoms with van der Waals surface area (Å²) in [5, 5.41) is 3.71. The van der Waals surface area contributed by atoms with E-state index in [0.717, 1.165) is 6.54 Å². The monoisotopic (exact) mass is 287 g/mol. The van der Waals surface area contributed by atoms with Gasteiger partial charge in [0, 0.05) is 30.9 Å². The van der Waals surface area contributed by atoms with Crippen LogP contribution in [0.25, 0.3) is 0 Å². The molecule has 0 saturated carbocycles. The lowest BCUT2D eigenvalue weighted by Gasteiger charge is -2.35. The second-order valence-corrected chi connectivity index (χ2v) is 6.88. The maximum Gasteiger partial charge on any atom is 0.0342 e. The van der Waals surface area contributed by atoms with E-state index in [0.29, 0.717) is 12.1 Å². The van der Waals surface area contributed by atoms with Crippen LogP contribution in [0.5, 0.6) is 0 Å². The summed E-state index contributed by atoms with van der Waals surface area (Å²) in [6, 6.07) is 10.4. The molecule has 0 radical (unpaired) electrons. The highest BCUT2D eigenvalue weighted by atomic mass is 15.1. The molecule has 3 nitrogen and oxygen atoms in total. The predicted molar refractivity (Wildman–Crippen MR) is 89.7 cm³/mol. The van der Waals surface area contributed by atoms with Gasteiger partial charge in [-0.05, 0) is 70.4 Å². The molecule has 1 N–H and O–H groups in total. The van der Waals surface area contributed by atoms with Crippen LogP contribution >= 0.6 is 0 Å². The zero-order chi connectivity index (χ0) is 14.7. The Morgan fingerprint density at radius 1 is 1.10 bits per heavy atom. The standard InChI is InChI=1S/C18H29N3/c1-15-13-18(9-12-20(15)2)19-17-7-5-16(6-8-17)14-21-10-3-4-11-21/h5-8,15,18-19H,3-4,9-14H2,1-2H3. The fourth-order valence-electron chi connectivity index (χ4n) is 3.56. The van der Waals surface area contributed by atoms with Crippen LogP contribution in [0.2, 0.25) is 0 Å². The molecular formula is C18H29N3. The summed E-state index contributed by atoms with van der Waals surface area (Å²) in [5.41, 5.74) is 2.72. The van der Waals surface area contributed by atoms with Crippen molar-refractivity contribution in [1.82, 2.24) is 9.80 Å². The molecule has 0 aliphatic carbocycles. The molecule has 1 aromatic carbocycles. The molecule has 0 bridgehead atoms. The van der Waals surface area contributed by atoms with Gasteiger partial charge in [0.2, 0.25) is 0 Å². The number of piperidine rings is 1. The highest BCUT2D eigenvalue weighted by Gasteiger charge is 2.22. The van der Waals surface area contributed by atoms with Gasteiger partial charge >= 0.3 is 0 Å². The number of likely N-dealkylation sites (tertiary alicyclic amines) is 2. The third-order valence-electron chi connectivity index (χ3n) is 5.14.